The quantitative estimate of drug-likeness (QED) is 0.567. The highest BCUT2D eigenvalue weighted by molar-refractivity contribution is 5.80. The fraction of sp³-hybridized carbons (Fsp3) is 0.500. The summed E-state index contributed by atoms with van der Waals surface area (Å²) in [4.78, 5) is 16.2. The molecular formula is C24H34N6O2. The van der Waals surface area contributed by atoms with Crippen LogP contribution in [0.5, 0.6) is 5.75 Å². The van der Waals surface area contributed by atoms with E-state index in [-0.39, 0.29) is 6.10 Å². The number of rotatable bonds is 5. The molecule has 1 atom stereocenters. The van der Waals surface area contributed by atoms with E-state index in [1.54, 1.807) is 7.11 Å². The average Bonchev–Trinajstić information content (AvgIpc) is 2.85. The zero-order chi connectivity index (χ0) is 22.3. The van der Waals surface area contributed by atoms with Crippen molar-refractivity contribution in [1.82, 2.24) is 15.2 Å². The lowest BCUT2D eigenvalue weighted by atomic mass is 10.2. The summed E-state index contributed by atoms with van der Waals surface area (Å²) >= 11 is 0. The summed E-state index contributed by atoms with van der Waals surface area (Å²) in [6, 6.07) is 12.5. The molecule has 0 amide bonds. The molecule has 1 aromatic heterocycles. The Bertz CT molecular complexity index is 878. The third-order valence-corrected chi connectivity index (χ3v) is 6.05. The molecule has 32 heavy (non-hydrogen) atoms. The Morgan fingerprint density at radius 1 is 1.09 bits per heavy atom. The maximum absolute atomic E-state index is 5.62. The second-order valence-electron chi connectivity index (χ2n) is 8.22. The number of nitrogens with one attached hydrogen (secondary N) is 1. The monoisotopic (exact) mass is 438 g/mol. The van der Waals surface area contributed by atoms with Gasteiger partial charge < -0.3 is 29.5 Å². The zero-order valence-electron chi connectivity index (χ0n) is 19.3. The van der Waals surface area contributed by atoms with Gasteiger partial charge in [0.25, 0.3) is 0 Å². The average molecular weight is 439 g/mol. The summed E-state index contributed by atoms with van der Waals surface area (Å²) in [6.07, 6.45) is 2.21. The van der Waals surface area contributed by atoms with E-state index in [4.69, 9.17) is 9.47 Å². The molecule has 4 rings (SSSR count). The molecule has 1 unspecified atom stereocenters. The molecule has 8 nitrogen and oxygen atoms in total. The molecule has 2 aliphatic rings. The van der Waals surface area contributed by atoms with Crippen molar-refractivity contribution in [2.45, 2.75) is 19.6 Å². The van der Waals surface area contributed by atoms with E-state index in [9.17, 15) is 0 Å². The number of benzene rings is 1. The Balaban J connectivity index is 1.27. The van der Waals surface area contributed by atoms with Gasteiger partial charge in [-0.1, -0.05) is 6.07 Å². The van der Waals surface area contributed by atoms with Crippen molar-refractivity contribution in [3.8, 4) is 5.75 Å². The lowest BCUT2D eigenvalue weighted by molar-refractivity contribution is 0.0529. The lowest BCUT2D eigenvalue weighted by Crippen LogP contribution is -2.52. The van der Waals surface area contributed by atoms with E-state index < -0.39 is 0 Å². The van der Waals surface area contributed by atoms with Crippen molar-refractivity contribution < 1.29 is 9.47 Å². The molecule has 1 N–H and O–H groups in total. The van der Waals surface area contributed by atoms with Crippen LogP contribution in [0.15, 0.2) is 47.6 Å². The molecule has 2 saturated heterocycles. The van der Waals surface area contributed by atoms with Crippen LogP contribution in [0.4, 0.5) is 11.5 Å². The molecule has 0 radical (unpaired) electrons. The second-order valence-corrected chi connectivity index (χ2v) is 8.22. The van der Waals surface area contributed by atoms with Crippen molar-refractivity contribution in [2.24, 2.45) is 4.99 Å². The number of aliphatic imine (C=N–C) groups is 1. The minimum atomic E-state index is 0.250. The normalized spacial score (nSPS) is 19.8. The van der Waals surface area contributed by atoms with Gasteiger partial charge in [-0.2, -0.15) is 0 Å². The number of methoxy groups -OCH3 is 1. The van der Waals surface area contributed by atoms with Crippen LogP contribution in [0, 0.1) is 0 Å². The molecule has 2 aromatic rings. The highest BCUT2D eigenvalue weighted by Crippen LogP contribution is 2.20. The third kappa shape index (κ3) is 5.43. The molecule has 0 aliphatic carbocycles. The van der Waals surface area contributed by atoms with Gasteiger partial charge in [-0.3, -0.25) is 4.99 Å². The predicted molar refractivity (Wildman–Crippen MR) is 129 cm³/mol. The van der Waals surface area contributed by atoms with Crippen LogP contribution in [0.3, 0.4) is 0 Å². The molecule has 0 spiro atoms. The molecule has 2 aliphatic heterocycles. The first-order chi connectivity index (χ1) is 15.7. The number of ether oxygens (including phenoxy) is 2. The van der Waals surface area contributed by atoms with E-state index in [0.29, 0.717) is 6.54 Å². The van der Waals surface area contributed by atoms with Gasteiger partial charge in [-0.05, 0) is 42.8 Å². The number of hydrogen-bond acceptors (Lipinski definition) is 6. The van der Waals surface area contributed by atoms with E-state index in [2.05, 4.69) is 61.2 Å². The first kappa shape index (κ1) is 22.2. The highest BCUT2D eigenvalue weighted by Gasteiger charge is 2.20. The van der Waals surface area contributed by atoms with Gasteiger partial charge in [0.15, 0.2) is 5.96 Å². The van der Waals surface area contributed by atoms with Crippen molar-refractivity contribution in [3.05, 3.63) is 48.2 Å². The van der Waals surface area contributed by atoms with Gasteiger partial charge in [-0.15, -0.1) is 0 Å². The smallest absolute Gasteiger partial charge is 0.194 e. The molecule has 172 valence electrons. The highest BCUT2D eigenvalue weighted by atomic mass is 16.5. The number of morpholine rings is 1. The second kappa shape index (κ2) is 10.5. The Morgan fingerprint density at radius 2 is 1.88 bits per heavy atom. The standard InChI is InChI=1S/C24H34N6O2/c1-19-18-30(14-15-32-19)23-9-4-20(16-26-23)17-27-24(25-2)29-12-10-28(11-13-29)21-5-7-22(31-3)8-6-21/h4-9,16,19H,10-15,17-18H2,1-3H3,(H,25,27). The molecule has 8 heteroatoms. The number of aromatic nitrogens is 1. The molecule has 1 aromatic carbocycles. The van der Waals surface area contributed by atoms with Gasteiger partial charge in [-0.25, -0.2) is 4.98 Å². The molecule has 3 heterocycles. The van der Waals surface area contributed by atoms with Crippen LogP contribution in [0.2, 0.25) is 0 Å². The van der Waals surface area contributed by atoms with E-state index in [1.807, 2.05) is 25.4 Å². The van der Waals surface area contributed by atoms with E-state index in [0.717, 1.165) is 69.0 Å². The van der Waals surface area contributed by atoms with Gasteiger partial charge in [0.2, 0.25) is 0 Å². The lowest BCUT2D eigenvalue weighted by Gasteiger charge is -2.37. The van der Waals surface area contributed by atoms with Crippen molar-refractivity contribution in [2.75, 3.05) is 69.8 Å². The topological polar surface area (TPSA) is 65.5 Å². The fourth-order valence-corrected chi connectivity index (χ4v) is 4.22. The van der Waals surface area contributed by atoms with Crippen LogP contribution in [-0.2, 0) is 11.3 Å². The van der Waals surface area contributed by atoms with E-state index in [1.165, 1.54) is 5.69 Å². The summed E-state index contributed by atoms with van der Waals surface area (Å²) in [6.45, 7) is 9.13. The number of anilines is 2. The van der Waals surface area contributed by atoms with Gasteiger partial charge >= 0.3 is 0 Å². The Morgan fingerprint density at radius 3 is 2.50 bits per heavy atom. The summed E-state index contributed by atoms with van der Waals surface area (Å²) in [7, 11) is 3.54. The van der Waals surface area contributed by atoms with Crippen LogP contribution in [0.25, 0.3) is 0 Å². The Hall–Kier alpha value is -3.00. The van der Waals surface area contributed by atoms with Gasteiger partial charge in [0.1, 0.15) is 11.6 Å². The summed E-state index contributed by atoms with van der Waals surface area (Å²) in [5.74, 6) is 2.84. The summed E-state index contributed by atoms with van der Waals surface area (Å²) < 4.78 is 10.9. The minimum Gasteiger partial charge on any atom is -0.497 e. The third-order valence-electron chi connectivity index (χ3n) is 6.05. The van der Waals surface area contributed by atoms with Crippen LogP contribution in [-0.4, -0.2) is 82.0 Å². The first-order valence-electron chi connectivity index (χ1n) is 11.3. The summed E-state index contributed by atoms with van der Waals surface area (Å²) in [5, 5.41) is 3.50. The van der Waals surface area contributed by atoms with Crippen LogP contribution < -0.4 is 19.9 Å². The summed E-state index contributed by atoms with van der Waals surface area (Å²) in [5.41, 5.74) is 2.38. The van der Waals surface area contributed by atoms with Crippen LogP contribution >= 0.6 is 0 Å². The Labute approximate surface area is 190 Å². The van der Waals surface area contributed by atoms with Gasteiger partial charge in [0.05, 0.1) is 19.8 Å². The number of piperazine rings is 1. The zero-order valence-corrected chi connectivity index (χ0v) is 19.3. The number of guanidine groups is 1. The van der Waals surface area contributed by atoms with Crippen LogP contribution in [0.1, 0.15) is 12.5 Å². The minimum absolute atomic E-state index is 0.250. The number of hydrogen-bond donors (Lipinski definition) is 1. The molecule has 0 saturated carbocycles. The first-order valence-corrected chi connectivity index (χ1v) is 11.3. The molecule has 0 bridgehead atoms. The maximum atomic E-state index is 5.62. The Kier molecular flexibility index (Phi) is 7.32. The van der Waals surface area contributed by atoms with Crippen molar-refractivity contribution >= 4 is 17.5 Å². The van der Waals surface area contributed by atoms with Gasteiger partial charge in [0, 0.05) is 64.7 Å². The number of nitrogens with zero attached hydrogens (tertiary/aromatic N) is 5. The SMILES string of the molecule is CN=C(NCc1ccc(N2CCOC(C)C2)nc1)N1CCN(c2ccc(OC)cc2)CC1. The molecular weight excluding hydrogens is 404 g/mol. The number of pyridine rings is 1. The van der Waals surface area contributed by atoms with E-state index >= 15 is 0 Å². The van der Waals surface area contributed by atoms with Crippen molar-refractivity contribution in [1.29, 1.82) is 0 Å². The maximum Gasteiger partial charge on any atom is 0.194 e. The predicted octanol–water partition coefficient (Wildman–Crippen LogP) is 2.21. The van der Waals surface area contributed by atoms with Crippen molar-refractivity contribution in [3.63, 3.8) is 0 Å². The largest absolute Gasteiger partial charge is 0.497 e. The fourth-order valence-electron chi connectivity index (χ4n) is 4.22. The molecule has 2 fully saturated rings.